The third-order valence-electron chi connectivity index (χ3n) is 3.23. The highest BCUT2D eigenvalue weighted by molar-refractivity contribution is 5.85. The van der Waals surface area contributed by atoms with E-state index in [4.69, 9.17) is 0 Å². The average molecular weight is 284 g/mol. The van der Waals surface area contributed by atoms with Crippen LogP contribution in [0.25, 0.3) is 0 Å². The number of rotatable bonds is 4. The van der Waals surface area contributed by atoms with Gasteiger partial charge in [-0.25, -0.2) is 0 Å². The van der Waals surface area contributed by atoms with Gasteiger partial charge in [-0.2, -0.15) is 10.2 Å². The molecule has 0 aromatic carbocycles. The number of anilines is 1. The van der Waals surface area contributed by atoms with Crippen molar-refractivity contribution in [2.45, 2.75) is 40.3 Å². The van der Waals surface area contributed by atoms with Crippen molar-refractivity contribution in [1.29, 1.82) is 0 Å². The Kier molecular flexibility index (Phi) is 5.00. The molecular formula is C13H22ClN5. The fourth-order valence-corrected chi connectivity index (χ4v) is 1.82. The fourth-order valence-electron chi connectivity index (χ4n) is 1.82. The van der Waals surface area contributed by atoms with E-state index in [-0.39, 0.29) is 12.4 Å². The summed E-state index contributed by atoms with van der Waals surface area (Å²) in [5.41, 5.74) is 3.56. The van der Waals surface area contributed by atoms with E-state index in [2.05, 4.69) is 49.4 Å². The maximum atomic E-state index is 4.54. The molecule has 2 rings (SSSR count). The molecule has 2 aromatic rings. The van der Waals surface area contributed by atoms with Crippen molar-refractivity contribution in [3.05, 3.63) is 29.2 Å². The first-order valence-corrected chi connectivity index (χ1v) is 6.26. The van der Waals surface area contributed by atoms with Crippen LogP contribution in [0.5, 0.6) is 0 Å². The lowest BCUT2D eigenvalue weighted by atomic mass is 10.2. The first-order chi connectivity index (χ1) is 8.49. The van der Waals surface area contributed by atoms with Crippen LogP contribution in [0.2, 0.25) is 0 Å². The smallest absolute Gasteiger partial charge is 0.151 e. The van der Waals surface area contributed by atoms with E-state index < -0.39 is 0 Å². The Balaban J connectivity index is 0.00000180. The summed E-state index contributed by atoms with van der Waals surface area (Å²) in [6.07, 6.45) is 3.97. The van der Waals surface area contributed by atoms with Crippen LogP contribution in [-0.4, -0.2) is 19.6 Å². The summed E-state index contributed by atoms with van der Waals surface area (Å²) in [4.78, 5) is 0. The zero-order valence-electron chi connectivity index (χ0n) is 12.1. The maximum Gasteiger partial charge on any atom is 0.151 e. The Morgan fingerprint density at radius 2 is 2.00 bits per heavy atom. The molecule has 0 amide bonds. The molecule has 2 aromatic heterocycles. The molecule has 106 valence electrons. The second-order valence-electron chi connectivity index (χ2n) is 4.97. The topological polar surface area (TPSA) is 47.7 Å². The second-order valence-corrected chi connectivity index (χ2v) is 4.97. The largest absolute Gasteiger partial charge is 0.364 e. The maximum absolute atomic E-state index is 4.54. The van der Waals surface area contributed by atoms with Gasteiger partial charge in [0, 0.05) is 42.7 Å². The van der Waals surface area contributed by atoms with Gasteiger partial charge in [0.2, 0.25) is 0 Å². The molecule has 0 bridgehead atoms. The summed E-state index contributed by atoms with van der Waals surface area (Å²) in [6.45, 7) is 9.16. The van der Waals surface area contributed by atoms with Crippen molar-refractivity contribution in [2.75, 3.05) is 5.32 Å². The summed E-state index contributed by atoms with van der Waals surface area (Å²) in [5, 5.41) is 12.1. The van der Waals surface area contributed by atoms with E-state index in [9.17, 15) is 0 Å². The van der Waals surface area contributed by atoms with Crippen LogP contribution in [0, 0.1) is 13.8 Å². The number of hydrogen-bond acceptors (Lipinski definition) is 3. The molecule has 0 aliphatic rings. The van der Waals surface area contributed by atoms with Gasteiger partial charge in [-0.1, -0.05) is 0 Å². The molecule has 19 heavy (non-hydrogen) atoms. The van der Waals surface area contributed by atoms with Crippen LogP contribution in [0.3, 0.4) is 0 Å². The zero-order chi connectivity index (χ0) is 13.3. The lowest BCUT2D eigenvalue weighted by Crippen LogP contribution is -2.05. The highest BCUT2D eigenvalue weighted by Crippen LogP contribution is 2.16. The molecule has 0 atom stereocenters. The summed E-state index contributed by atoms with van der Waals surface area (Å²) >= 11 is 0. The van der Waals surface area contributed by atoms with Crippen LogP contribution in [0.4, 0.5) is 5.82 Å². The predicted octanol–water partition coefficient (Wildman–Crippen LogP) is 2.85. The Morgan fingerprint density at radius 3 is 2.47 bits per heavy atom. The van der Waals surface area contributed by atoms with Crippen LogP contribution in [0.1, 0.15) is 36.7 Å². The zero-order valence-corrected chi connectivity index (χ0v) is 13.0. The fraction of sp³-hybridized carbons (Fsp3) is 0.538. The highest BCUT2D eigenvalue weighted by atomic mass is 35.5. The molecule has 0 aliphatic heterocycles. The normalized spacial score (nSPS) is 10.6. The Morgan fingerprint density at radius 1 is 1.32 bits per heavy atom. The molecule has 0 fully saturated rings. The van der Waals surface area contributed by atoms with Crippen molar-refractivity contribution in [3.8, 4) is 0 Å². The van der Waals surface area contributed by atoms with Gasteiger partial charge < -0.3 is 5.32 Å². The van der Waals surface area contributed by atoms with E-state index in [1.807, 2.05) is 22.6 Å². The van der Waals surface area contributed by atoms with E-state index in [1.54, 1.807) is 0 Å². The number of hydrogen-bond donors (Lipinski definition) is 1. The summed E-state index contributed by atoms with van der Waals surface area (Å²) in [7, 11) is 1.96. The van der Waals surface area contributed by atoms with Crippen LogP contribution in [-0.2, 0) is 13.6 Å². The van der Waals surface area contributed by atoms with Crippen LogP contribution >= 0.6 is 12.4 Å². The van der Waals surface area contributed by atoms with E-state index in [0.29, 0.717) is 6.04 Å². The van der Waals surface area contributed by atoms with Crippen molar-refractivity contribution >= 4 is 18.2 Å². The molecule has 0 saturated carbocycles. The van der Waals surface area contributed by atoms with Gasteiger partial charge in [0.05, 0.1) is 6.20 Å². The molecule has 5 nitrogen and oxygen atoms in total. The molecule has 6 heteroatoms. The van der Waals surface area contributed by atoms with Gasteiger partial charge in [0.15, 0.2) is 5.82 Å². The van der Waals surface area contributed by atoms with Crippen LogP contribution in [0.15, 0.2) is 12.4 Å². The lowest BCUT2D eigenvalue weighted by Gasteiger charge is -2.05. The van der Waals surface area contributed by atoms with Gasteiger partial charge in [0.25, 0.3) is 0 Å². The Labute approximate surface area is 120 Å². The number of halogens is 1. The van der Waals surface area contributed by atoms with Crippen molar-refractivity contribution in [2.24, 2.45) is 7.05 Å². The molecule has 0 aliphatic carbocycles. The summed E-state index contributed by atoms with van der Waals surface area (Å²) < 4.78 is 3.87. The Bertz CT molecular complexity index is 541. The second kappa shape index (κ2) is 6.10. The molecule has 1 N–H and O–H groups in total. The van der Waals surface area contributed by atoms with Crippen molar-refractivity contribution in [1.82, 2.24) is 19.6 Å². The number of nitrogens with one attached hydrogen (secondary N) is 1. The Hall–Kier alpha value is -1.49. The number of nitrogens with zero attached hydrogens (tertiary/aromatic N) is 4. The van der Waals surface area contributed by atoms with Gasteiger partial charge >= 0.3 is 0 Å². The number of aryl methyl sites for hydroxylation is 2. The third-order valence-corrected chi connectivity index (χ3v) is 3.23. The minimum absolute atomic E-state index is 0. The molecule has 0 unspecified atom stereocenters. The monoisotopic (exact) mass is 283 g/mol. The molecule has 0 spiro atoms. The predicted molar refractivity (Wildman–Crippen MR) is 79.9 cm³/mol. The first kappa shape index (κ1) is 15.6. The van der Waals surface area contributed by atoms with E-state index in [0.717, 1.165) is 12.4 Å². The summed E-state index contributed by atoms with van der Waals surface area (Å²) in [6, 6.07) is 0.388. The van der Waals surface area contributed by atoms with Gasteiger partial charge in [-0.15, -0.1) is 12.4 Å². The van der Waals surface area contributed by atoms with Gasteiger partial charge in [-0.3, -0.25) is 9.36 Å². The minimum atomic E-state index is 0. The number of aromatic nitrogens is 4. The summed E-state index contributed by atoms with van der Waals surface area (Å²) in [5.74, 6) is 0.951. The third kappa shape index (κ3) is 3.29. The van der Waals surface area contributed by atoms with Gasteiger partial charge in [-0.05, 0) is 27.7 Å². The SMILES string of the molecule is Cc1cn(C(C)C)nc1NCc1cnn(C)c1C.Cl. The van der Waals surface area contributed by atoms with Crippen molar-refractivity contribution < 1.29 is 0 Å². The minimum Gasteiger partial charge on any atom is -0.364 e. The molecule has 2 heterocycles. The average Bonchev–Trinajstić information content (AvgIpc) is 2.83. The standard InChI is InChI=1S/C13H21N5.ClH/c1-9(2)18-8-10(3)13(16-18)14-6-12-7-15-17(5)11(12)4;/h7-9H,6H2,1-5H3,(H,14,16);1H. The van der Waals surface area contributed by atoms with Gasteiger partial charge in [0.1, 0.15) is 0 Å². The van der Waals surface area contributed by atoms with E-state index in [1.165, 1.54) is 16.8 Å². The molecule has 0 saturated heterocycles. The quantitative estimate of drug-likeness (QED) is 0.939. The lowest BCUT2D eigenvalue weighted by molar-refractivity contribution is 0.533. The molecule has 0 radical (unpaired) electrons. The molecular weight excluding hydrogens is 262 g/mol. The van der Waals surface area contributed by atoms with E-state index >= 15 is 0 Å². The first-order valence-electron chi connectivity index (χ1n) is 6.26. The highest BCUT2D eigenvalue weighted by Gasteiger charge is 2.08. The van der Waals surface area contributed by atoms with Crippen molar-refractivity contribution in [3.63, 3.8) is 0 Å². The van der Waals surface area contributed by atoms with Crippen LogP contribution < -0.4 is 5.32 Å².